The number of ether oxygens (including phenoxy) is 1. The van der Waals surface area contributed by atoms with E-state index in [0.717, 1.165) is 19.0 Å². The van der Waals surface area contributed by atoms with Gasteiger partial charge in [0.15, 0.2) is 0 Å². The van der Waals surface area contributed by atoms with Crippen molar-refractivity contribution in [2.24, 2.45) is 0 Å². The number of benzene rings is 1. The summed E-state index contributed by atoms with van der Waals surface area (Å²) in [4.78, 5) is 13.0. The lowest BCUT2D eigenvalue weighted by atomic mass is 10.1. The first kappa shape index (κ1) is 14.6. The summed E-state index contributed by atoms with van der Waals surface area (Å²) in [6.45, 7) is 1.83. The van der Waals surface area contributed by atoms with Gasteiger partial charge in [-0.15, -0.1) is 0 Å². The maximum atomic E-state index is 13.1. The van der Waals surface area contributed by atoms with Gasteiger partial charge < -0.3 is 14.7 Å². The van der Waals surface area contributed by atoms with Gasteiger partial charge in [-0.1, -0.05) is 0 Å². The van der Waals surface area contributed by atoms with Crippen LogP contribution in [0.15, 0.2) is 18.2 Å². The molecular formula is C13H18FNO3. The zero-order valence-electron chi connectivity index (χ0n) is 10.6. The number of aromatic carboxylic acids is 1. The molecule has 0 fully saturated rings. The molecule has 0 unspecified atom stereocenters. The third kappa shape index (κ3) is 4.43. The average Bonchev–Trinajstić information content (AvgIpc) is 2.29. The average molecular weight is 255 g/mol. The van der Waals surface area contributed by atoms with Gasteiger partial charge in [0.05, 0.1) is 5.56 Å². The Labute approximate surface area is 106 Å². The molecule has 0 aromatic heterocycles. The summed E-state index contributed by atoms with van der Waals surface area (Å²) in [5.74, 6) is -1.45. The number of halogens is 1. The Morgan fingerprint density at radius 2 is 2.22 bits per heavy atom. The van der Waals surface area contributed by atoms with Gasteiger partial charge >= 0.3 is 5.97 Å². The molecule has 5 heteroatoms. The maximum Gasteiger partial charge on any atom is 0.336 e. The van der Waals surface area contributed by atoms with Crippen molar-refractivity contribution >= 4 is 5.97 Å². The Bertz CT molecular complexity index is 409. The van der Waals surface area contributed by atoms with Gasteiger partial charge in [0.25, 0.3) is 0 Å². The van der Waals surface area contributed by atoms with Crippen molar-refractivity contribution < 1.29 is 19.0 Å². The van der Waals surface area contributed by atoms with Gasteiger partial charge in [-0.3, -0.25) is 0 Å². The molecule has 0 amide bonds. The molecular weight excluding hydrogens is 237 g/mol. The van der Waals surface area contributed by atoms with Gasteiger partial charge in [-0.05, 0) is 37.2 Å². The summed E-state index contributed by atoms with van der Waals surface area (Å²) < 4.78 is 18.1. The van der Waals surface area contributed by atoms with Crippen molar-refractivity contribution in [1.29, 1.82) is 0 Å². The highest BCUT2D eigenvalue weighted by Gasteiger charge is 2.12. The Balaban J connectivity index is 2.70. The molecule has 4 nitrogen and oxygen atoms in total. The van der Waals surface area contributed by atoms with Crippen LogP contribution in [0.25, 0.3) is 0 Å². The second-order valence-corrected chi connectivity index (χ2v) is 4.19. The number of carbonyl (C=O) groups is 1. The minimum Gasteiger partial charge on any atom is -0.478 e. The van der Waals surface area contributed by atoms with Crippen LogP contribution in [-0.4, -0.2) is 43.3 Å². The van der Waals surface area contributed by atoms with Crippen LogP contribution in [0, 0.1) is 5.82 Å². The molecule has 0 aliphatic heterocycles. The highest BCUT2D eigenvalue weighted by atomic mass is 19.1. The summed E-state index contributed by atoms with van der Waals surface area (Å²) in [7, 11) is 3.50. The van der Waals surface area contributed by atoms with Crippen molar-refractivity contribution in [3.8, 4) is 0 Å². The van der Waals surface area contributed by atoms with Gasteiger partial charge in [0.1, 0.15) is 5.82 Å². The van der Waals surface area contributed by atoms with Gasteiger partial charge in [0.2, 0.25) is 0 Å². The number of nitrogens with zero attached hydrogens (tertiary/aromatic N) is 1. The van der Waals surface area contributed by atoms with Crippen LogP contribution >= 0.6 is 0 Å². The van der Waals surface area contributed by atoms with Crippen LogP contribution in [0.3, 0.4) is 0 Å². The SMILES string of the molecule is COCCCN(C)Cc1cc(F)ccc1C(=O)O. The van der Waals surface area contributed by atoms with E-state index in [1.807, 2.05) is 11.9 Å². The number of rotatable bonds is 7. The molecule has 0 saturated carbocycles. The summed E-state index contributed by atoms with van der Waals surface area (Å²) in [6.07, 6.45) is 0.852. The first-order chi connectivity index (χ1) is 8.54. The molecule has 18 heavy (non-hydrogen) atoms. The Morgan fingerprint density at radius 3 is 2.83 bits per heavy atom. The molecule has 0 spiro atoms. The summed E-state index contributed by atoms with van der Waals surface area (Å²) in [5, 5.41) is 9.02. The lowest BCUT2D eigenvalue weighted by Crippen LogP contribution is -2.21. The predicted octanol–water partition coefficient (Wildman–Crippen LogP) is 1.99. The van der Waals surface area contributed by atoms with Crippen LogP contribution in [0.5, 0.6) is 0 Å². The monoisotopic (exact) mass is 255 g/mol. The van der Waals surface area contributed by atoms with E-state index in [1.54, 1.807) is 7.11 Å². The normalized spacial score (nSPS) is 10.9. The molecule has 1 aromatic rings. The van der Waals surface area contributed by atoms with Crippen LogP contribution in [0.1, 0.15) is 22.3 Å². The summed E-state index contributed by atoms with van der Waals surface area (Å²) in [5.41, 5.74) is 0.636. The lowest BCUT2D eigenvalue weighted by molar-refractivity contribution is 0.0694. The van der Waals surface area contributed by atoms with Crippen LogP contribution in [0.4, 0.5) is 4.39 Å². The van der Waals surface area contributed by atoms with Crippen molar-refractivity contribution in [1.82, 2.24) is 4.90 Å². The van der Waals surface area contributed by atoms with Crippen molar-refractivity contribution in [3.05, 3.63) is 35.1 Å². The number of hydrogen-bond acceptors (Lipinski definition) is 3. The summed E-state index contributed by atoms with van der Waals surface area (Å²) >= 11 is 0. The van der Waals surface area contributed by atoms with E-state index in [9.17, 15) is 9.18 Å². The fourth-order valence-electron chi connectivity index (χ4n) is 1.75. The third-order valence-corrected chi connectivity index (χ3v) is 2.63. The van der Waals surface area contributed by atoms with E-state index >= 15 is 0 Å². The van der Waals surface area contributed by atoms with E-state index in [0.29, 0.717) is 18.7 Å². The topological polar surface area (TPSA) is 49.8 Å². The highest BCUT2D eigenvalue weighted by molar-refractivity contribution is 5.89. The second-order valence-electron chi connectivity index (χ2n) is 4.19. The molecule has 1 aromatic carbocycles. The van der Waals surface area contributed by atoms with Gasteiger partial charge in [-0.2, -0.15) is 0 Å². The lowest BCUT2D eigenvalue weighted by Gasteiger charge is -2.17. The molecule has 1 N–H and O–H groups in total. The second kappa shape index (κ2) is 7.08. The Morgan fingerprint density at radius 1 is 1.50 bits per heavy atom. The zero-order valence-corrected chi connectivity index (χ0v) is 10.6. The molecule has 0 atom stereocenters. The van der Waals surface area contributed by atoms with E-state index in [-0.39, 0.29) is 5.56 Å². The molecule has 0 saturated heterocycles. The molecule has 0 aliphatic carbocycles. The largest absolute Gasteiger partial charge is 0.478 e. The molecule has 0 heterocycles. The fraction of sp³-hybridized carbons (Fsp3) is 0.462. The molecule has 100 valence electrons. The van der Waals surface area contributed by atoms with Gasteiger partial charge in [0, 0.05) is 26.8 Å². The van der Waals surface area contributed by atoms with E-state index in [1.165, 1.54) is 12.1 Å². The van der Waals surface area contributed by atoms with Crippen LogP contribution < -0.4 is 0 Å². The molecule has 0 aliphatic rings. The van der Waals surface area contributed by atoms with E-state index < -0.39 is 11.8 Å². The summed E-state index contributed by atoms with van der Waals surface area (Å²) in [6, 6.07) is 3.74. The van der Waals surface area contributed by atoms with E-state index in [4.69, 9.17) is 9.84 Å². The van der Waals surface area contributed by atoms with Crippen molar-refractivity contribution in [2.45, 2.75) is 13.0 Å². The standard InChI is InChI=1S/C13H18FNO3/c1-15(6-3-7-18-2)9-10-8-11(14)4-5-12(10)13(16)17/h4-5,8H,3,6-7,9H2,1-2H3,(H,16,17). The molecule has 1 rings (SSSR count). The number of hydrogen-bond donors (Lipinski definition) is 1. The maximum absolute atomic E-state index is 13.1. The van der Waals surface area contributed by atoms with Gasteiger partial charge in [-0.25, -0.2) is 9.18 Å². The fourth-order valence-corrected chi connectivity index (χ4v) is 1.75. The van der Waals surface area contributed by atoms with Crippen LogP contribution in [0.2, 0.25) is 0 Å². The van der Waals surface area contributed by atoms with Crippen molar-refractivity contribution in [3.63, 3.8) is 0 Å². The third-order valence-electron chi connectivity index (χ3n) is 2.63. The predicted molar refractivity (Wildman–Crippen MR) is 66.2 cm³/mol. The smallest absolute Gasteiger partial charge is 0.336 e. The number of carboxylic acid groups (broad SMARTS) is 1. The first-order valence-corrected chi connectivity index (χ1v) is 5.73. The first-order valence-electron chi connectivity index (χ1n) is 5.73. The molecule has 0 radical (unpaired) electrons. The Hall–Kier alpha value is -1.46. The zero-order chi connectivity index (χ0) is 13.5. The van der Waals surface area contributed by atoms with E-state index in [2.05, 4.69) is 0 Å². The molecule has 0 bridgehead atoms. The highest BCUT2D eigenvalue weighted by Crippen LogP contribution is 2.13. The minimum atomic E-state index is -1.03. The van der Waals surface area contributed by atoms with Crippen molar-refractivity contribution in [2.75, 3.05) is 27.3 Å². The minimum absolute atomic E-state index is 0.148. The Kier molecular flexibility index (Phi) is 5.74. The number of methoxy groups -OCH3 is 1. The van der Waals surface area contributed by atoms with Crippen LogP contribution in [-0.2, 0) is 11.3 Å². The quantitative estimate of drug-likeness (QED) is 0.757. The number of carboxylic acids is 1.